The second-order valence-electron chi connectivity index (χ2n) is 3.70. The lowest BCUT2D eigenvalue weighted by Gasteiger charge is -2.15. The van der Waals surface area contributed by atoms with Crippen LogP contribution in [0.5, 0.6) is 0 Å². The summed E-state index contributed by atoms with van der Waals surface area (Å²) in [7, 11) is 0. The Morgan fingerprint density at radius 1 is 1.50 bits per heavy atom. The first kappa shape index (κ1) is 9.55. The third-order valence-electron chi connectivity index (χ3n) is 2.65. The molecule has 0 amide bonds. The highest BCUT2D eigenvalue weighted by Crippen LogP contribution is 2.18. The van der Waals surface area contributed by atoms with Crippen LogP contribution in [0.1, 0.15) is 25.0 Å². The highest BCUT2D eigenvalue weighted by Gasteiger charge is 2.24. The zero-order chi connectivity index (χ0) is 9.80. The smallest absolute Gasteiger partial charge is 0.0769 e. The van der Waals surface area contributed by atoms with Crippen LogP contribution in [0.25, 0.3) is 0 Å². The van der Waals surface area contributed by atoms with Gasteiger partial charge in [0.05, 0.1) is 11.8 Å². The molecule has 1 aromatic rings. The maximum atomic E-state index is 9.57. The molecule has 2 rings (SSSR count). The van der Waals surface area contributed by atoms with Gasteiger partial charge in [-0.25, -0.2) is 0 Å². The van der Waals surface area contributed by atoms with Gasteiger partial charge in [-0.1, -0.05) is 0 Å². The second kappa shape index (κ2) is 4.48. The molecule has 0 saturated heterocycles. The van der Waals surface area contributed by atoms with Gasteiger partial charge in [0.2, 0.25) is 0 Å². The molecule has 1 saturated carbocycles. The molecule has 0 spiro atoms. The van der Waals surface area contributed by atoms with E-state index in [1.165, 1.54) is 0 Å². The van der Waals surface area contributed by atoms with Crippen LogP contribution in [0.3, 0.4) is 0 Å². The molecule has 1 heterocycles. The van der Waals surface area contributed by atoms with Gasteiger partial charge >= 0.3 is 0 Å². The minimum absolute atomic E-state index is 0.188. The van der Waals surface area contributed by atoms with Gasteiger partial charge < -0.3 is 10.4 Å². The molecule has 0 aliphatic heterocycles. The molecular weight excluding hydrogens is 178 g/mol. The standard InChI is InChI=1S/C10H15N3O/c14-10-5-1-4-9(10)11-7-8-3-2-6-12-13-8/h2-3,6,9-11,14H,1,4-5,7H2/t9-,10-/m1/s1. The van der Waals surface area contributed by atoms with Crippen molar-refractivity contribution in [3.8, 4) is 0 Å². The van der Waals surface area contributed by atoms with Gasteiger partial charge in [0.15, 0.2) is 0 Å². The molecule has 4 nitrogen and oxygen atoms in total. The number of aliphatic hydroxyl groups is 1. The summed E-state index contributed by atoms with van der Waals surface area (Å²) in [6.07, 6.45) is 4.55. The van der Waals surface area contributed by atoms with E-state index in [2.05, 4.69) is 15.5 Å². The summed E-state index contributed by atoms with van der Waals surface area (Å²) in [6.45, 7) is 0.690. The Balaban J connectivity index is 1.82. The van der Waals surface area contributed by atoms with E-state index in [0.717, 1.165) is 25.0 Å². The summed E-state index contributed by atoms with van der Waals surface area (Å²) in [6, 6.07) is 4.04. The minimum Gasteiger partial charge on any atom is -0.392 e. The number of aliphatic hydroxyl groups excluding tert-OH is 1. The van der Waals surface area contributed by atoms with Crippen LogP contribution in [0, 0.1) is 0 Å². The van der Waals surface area contributed by atoms with Crippen LogP contribution in [-0.2, 0) is 6.54 Å². The monoisotopic (exact) mass is 193 g/mol. The number of nitrogens with zero attached hydrogens (tertiary/aromatic N) is 2. The molecule has 2 N–H and O–H groups in total. The van der Waals surface area contributed by atoms with Gasteiger partial charge in [0.1, 0.15) is 0 Å². The van der Waals surface area contributed by atoms with E-state index in [4.69, 9.17) is 0 Å². The third kappa shape index (κ3) is 2.27. The van der Waals surface area contributed by atoms with Gasteiger partial charge in [-0.3, -0.25) is 0 Å². The molecule has 2 atom stereocenters. The van der Waals surface area contributed by atoms with Crippen LogP contribution in [-0.4, -0.2) is 27.4 Å². The Bertz CT molecular complexity index is 278. The largest absolute Gasteiger partial charge is 0.392 e. The zero-order valence-electron chi connectivity index (χ0n) is 8.06. The molecule has 0 radical (unpaired) electrons. The molecule has 0 aromatic carbocycles. The number of hydrogen-bond acceptors (Lipinski definition) is 4. The molecule has 1 aliphatic carbocycles. The van der Waals surface area contributed by atoms with Gasteiger partial charge in [0, 0.05) is 18.8 Å². The van der Waals surface area contributed by atoms with E-state index in [0.29, 0.717) is 6.54 Å². The van der Waals surface area contributed by atoms with Crippen molar-refractivity contribution in [1.29, 1.82) is 0 Å². The van der Waals surface area contributed by atoms with Crippen LogP contribution in [0.15, 0.2) is 18.3 Å². The molecule has 14 heavy (non-hydrogen) atoms. The fourth-order valence-electron chi connectivity index (χ4n) is 1.84. The van der Waals surface area contributed by atoms with Crippen molar-refractivity contribution < 1.29 is 5.11 Å². The molecule has 1 aromatic heterocycles. The van der Waals surface area contributed by atoms with Crippen molar-refractivity contribution >= 4 is 0 Å². The minimum atomic E-state index is -0.188. The Hall–Kier alpha value is -1.00. The quantitative estimate of drug-likeness (QED) is 0.733. The molecular formula is C10H15N3O. The van der Waals surface area contributed by atoms with E-state index < -0.39 is 0 Å². The Labute approximate surface area is 83.4 Å². The molecule has 0 bridgehead atoms. The van der Waals surface area contributed by atoms with E-state index in [9.17, 15) is 5.11 Å². The van der Waals surface area contributed by atoms with Crippen molar-refractivity contribution in [3.63, 3.8) is 0 Å². The molecule has 1 aliphatic rings. The molecule has 76 valence electrons. The first-order chi connectivity index (χ1) is 6.86. The predicted octanol–water partition coefficient (Wildman–Crippen LogP) is 0.480. The Kier molecular flexibility index (Phi) is 3.06. The van der Waals surface area contributed by atoms with Crippen LogP contribution in [0.2, 0.25) is 0 Å². The maximum absolute atomic E-state index is 9.57. The Morgan fingerprint density at radius 3 is 3.07 bits per heavy atom. The third-order valence-corrected chi connectivity index (χ3v) is 2.65. The van der Waals surface area contributed by atoms with Crippen molar-refractivity contribution in [2.24, 2.45) is 0 Å². The first-order valence-corrected chi connectivity index (χ1v) is 5.04. The number of rotatable bonds is 3. The molecule has 0 unspecified atom stereocenters. The van der Waals surface area contributed by atoms with Crippen molar-refractivity contribution in [2.75, 3.05) is 0 Å². The van der Waals surface area contributed by atoms with Crippen LogP contribution < -0.4 is 5.32 Å². The summed E-state index contributed by atoms with van der Waals surface area (Å²) < 4.78 is 0. The zero-order valence-corrected chi connectivity index (χ0v) is 8.06. The SMILES string of the molecule is O[C@@H]1CCC[C@H]1NCc1cccnn1. The van der Waals surface area contributed by atoms with E-state index >= 15 is 0 Å². The van der Waals surface area contributed by atoms with Gasteiger partial charge in [-0.05, 0) is 31.4 Å². The van der Waals surface area contributed by atoms with Gasteiger partial charge in [-0.15, -0.1) is 0 Å². The highest BCUT2D eigenvalue weighted by molar-refractivity contribution is 4.99. The van der Waals surface area contributed by atoms with Crippen LogP contribution >= 0.6 is 0 Å². The molecule has 4 heteroatoms. The van der Waals surface area contributed by atoms with Crippen molar-refractivity contribution in [2.45, 2.75) is 38.0 Å². The Morgan fingerprint density at radius 2 is 2.43 bits per heavy atom. The predicted molar refractivity (Wildman–Crippen MR) is 52.5 cm³/mol. The summed E-state index contributed by atoms with van der Waals surface area (Å²) in [5.41, 5.74) is 0.923. The topological polar surface area (TPSA) is 58.0 Å². The normalized spacial score (nSPS) is 26.6. The summed E-state index contributed by atoms with van der Waals surface area (Å²) >= 11 is 0. The lowest BCUT2D eigenvalue weighted by molar-refractivity contribution is 0.148. The average molecular weight is 193 g/mol. The lowest BCUT2D eigenvalue weighted by atomic mass is 10.2. The second-order valence-corrected chi connectivity index (χ2v) is 3.70. The lowest BCUT2D eigenvalue weighted by Crippen LogP contribution is -2.35. The van der Waals surface area contributed by atoms with E-state index in [1.54, 1.807) is 6.20 Å². The van der Waals surface area contributed by atoms with Crippen molar-refractivity contribution in [3.05, 3.63) is 24.0 Å². The summed E-state index contributed by atoms with van der Waals surface area (Å²) in [5.74, 6) is 0. The van der Waals surface area contributed by atoms with Crippen molar-refractivity contribution in [1.82, 2.24) is 15.5 Å². The van der Waals surface area contributed by atoms with E-state index in [1.807, 2.05) is 12.1 Å². The molecule has 1 fully saturated rings. The van der Waals surface area contributed by atoms with Gasteiger partial charge in [-0.2, -0.15) is 10.2 Å². The fraction of sp³-hybridized carbons (Fsp3) is 0.600. The number of aromatic nitrogens is 2. The highest BCUT2D eigenvalue weighted by atomic mass is 16.3. The van der Waals surface area contributed by atoms with Crippen LogP contribution in [0.4, 0.5) is 0 Å². The van der Waals surface area contributed by atoms with Gasteiger partial charge in [0.25, 0.3) is 0 Å². The number of nitrogens with one attached hydrogen (secondary N) is 1. The fourth-order valence-corrected chi connectivity index (χ4v) is 1.84. The number of hydrogen-bond donors (Lipinski definition) is 2. The first-order valence-electron chi connectivity index (χ1n) is 5.04. The summed E-state index contributed by atoms with van der Waals surface area (Å²) in [4.78, 5) is 0. The summed E-state index contributed by atoms with van der Waals surface area (Å²) in [5, 5.41) is 20.6. The maximum Gasteiger partial charge on any atom is 0.0769 e. The average Bonchev–Trinajstić information content (AvgIpc) is 2.63. The van der Waals surface area contributed by atoms with E-state index in [-0.39, 0.29) is 12.1 Å².